The van der Waals surface area contributed by atoms with Crippen molar-refractivity contribution in [2.45, 2.75) is 31.4 Å². The van der Waals surface area contributed by atoms with Crippen molar-refractivity contribution in [3.05, 3.63) is 34.9 Å². The summed E-state index contributed by atoms with van der Waals surface area (Å²) in [5.74, 6) is -0.115. The van der Waals surface area contributed by atoms with E-state index in [-0.39, 0.29) is 23.0 Å². The van der Waals surface area contributed by atoms with Crippen LogP contribution in [0, 0.1) is 0 Å². The third-order valence-electron chi connectivity index (χ3n) is 4.82. The number of benzene rings is 1. The first-order chi connectivity index (χ1) is 11.5. The lowest BCUT2D eigenvalue weighted by Gasteiger charge is -2.38. The summed E-state index contributed by atoms with van der Waals surface area (Å²) < 4.78 is 23.9. The van der Waals surface area contributed by atoms with Gasteiger partial charge in [0.15, 0.2) is 9.84 Å². The maximum absolute atomic E-state index is 12.0. The van der Waals surface area contributed by atoms with Crippen LogP contribution in [0.15, 0.2) is 24.3 Å². The molecule has 0 radical (unpaired) electrons. The first-order valence-corrected chi connectivity index (χ1v) is 10.7. The average Bonchev–Trinajstić information content (AvgIpc) is 2.76. The molecule has 1 aliphatic rings. The van der Waals surface area contributed by atoms with E-state index in [2.05, 4.69) is 23.6 Å². The summed E-state index contributed by atoms with van der Waals surface area (Å²) in [7, 11) is 0.804. The Kier molecular flexibility index (Phi) is 6.55. The fraction of sp³-hybridized carbons (Fsp3) is 0.667. The van der Waals surface area contributed by atoms with E-state index in [0.29, 0.717) is 18.1 Å². The summed E-state index contributed by atoms with van der Waals surface area (Å²) >= 11 is 5.99. The van der Waals surface area contributed by atoms with Crippen LogP contribution in [0.1, 0.15) is 19.4 Å². The molecule has 0 amide bonds. The first kappa shape index (κ1) is 20.6. The van der Waals surface area contributed by atoms with Gasteiger partial charge >= 0.3 is 0 Å². The highest BCUT2D eigenvalue weighted by atomic mass is 35.5. The zero-order valence-corrected chi connectivity index (χ0v) is 17.0. The fourth-order valence-electron chi connectivity index (χ4n) is 3.35. The Morgan fingerprint density at radius 1 is 1.16 bits per heavy atom. The number of nitrogens with zero attached hydrogens (tertiary/aromatic N) is 2. The van der Waals surface area contributed by atoms with Crippen LogP contribution in [-0.4, -0.2) is 80.7 Å². The van der Waals surface area contributed by atoms with Crippen LogP contribution >= 0.6 is 11.6 Å². The van der Waals surface area contributed by atoms with Gasteiger partial charge in [-0.3, -0.25) is 4.90 Å². The van der Waals surface area contributed by atoms with Crippen LogP contribution in [-0.2, 0) is 15.3 Å². The Balaban J connectivity index is 2.21. The number of aliphatic hydroxyl groups is 1. The van der Waals surface area contributed by atoms with Gasteiger partial charge in [0.1, 0.15) is 0 Å². The van der Waals surface area contributed by atoms with E-state index in [1.165, 1.54) is 0 Å². The molecule has 1 N–H and O–H groups in total. The van der Waals surface area contributed by atoms with Crippen molar-refractivity contribution in [1.29, 1.82) is 0 Å². The second-order valence-corrected chi connectivity index (χ2v) is 10.5. The van der Waals surface area contributed by atoms with E-state index < -0.39 is 15.9 Å². The SMILES string of the molecule is CN(C)CCN(CC(C)(C)c1ccc(Cl)cc1)C1CS(=O)(=O)CC1O. The first-order valence-electron chi connectivity index (χ1n) is 8.53. The highest BCUT2D eigenvalue weighted by Crippen LogP contribution is 2.28. The van der Waals surface area contributed by atoms with Gasteiger partial charge in [-0.2, -0.15) is 0 Å². The number of halogens is 1. The van der Waals surface area contributed by atoms with Crippen molar-refractivity contribution in [3.63, 3.8) is 0 Å². The predicted octanol–water partition coefficient (Wildman–Crippen LogP) is 1.64. The van der Waals surface area contributed by atoms with E-state index in [1.54, 1.807) is 0 Å². The van der Waals surface area contributed by atoms with Gasteiger partial charge < -0.3 is 10.0 Å². The molecule has 1 aliphatic heterocycles. The highest BCUT2D eigenvalue weighted by Gasteiger charge is 2.41. The van der Waals surface area contributed by atoms with Crippen molar-refractivity contribution < 1.29 is 13.5 Å². The van der Waals surface area contributed by atoms with Crippen molar-refractivity contribution in [1.82, 2.24) is 9.80 Å². The van der Waals surface area contributed by atoms with Gasteiger partial charge in [0, 0.05) is 30.1 Å². The van der Waals surface area contributed by atoms with Crippen molar-refractivity contribution in [2.75, 3.05) is 45.2 Å². The zero-order chi connectivity index (χ0) is 18.8. The normalized spacial score (nSPS) is 23.5. The second-order valence-electron chi connectivity index (χ2n) is 7.88. The number of hydrogen-bond donors (Lipinski definition) is 1. The maximum Gasteiger partial charge on any atom is 0.154 e. The Morgan fingerprint density at radius 2 is 1.76 bits per heavy atom. The Morgan fingerprint density at radius 3 is 2.24 bits per heavy atom. The van der Waals surface area contributed by atoms with Crippen LogP contribution < -0.4 is 0 Å². The second kappa shape index (κ2) is 7.92. The molecule has 1 aromatic rings. The van der Waals surface area contributed by atoms with Gasteiger partial charge in [-0.05, 0) is 31.8 Å². The summed E-state index contributed by atoms with van der Waals surface area (Å²) in [6.45, 7) is 6.45. The van der Waals surface area contributed by atoms with Gasteiger partial charge in [0.25, 0.3) is 0 Å². The van der Waals surface area contributed by atoms with E-state index in [9.17, 15) is 13.5 Å². The monoisotopic (exact) mass is 388 g/mol. The lowest BCUT2D eigenvalue weighted by Crippen LogP contribution is -2.50. The number of hydrogen-bond acceptors (Lipinski definition) is 5. The molecule has 2 rings (SSSR count). The summed E-state index contributed by atoms with van der Waals surface area (Å²) in [4.78, 5) is 4.20. The molecule has 2 unspecified atom stereocenters. The standard InChI is InChI=1S/C18H29ClN2O3S/c1-18(2,14-5-7-15(19)8-6-14)13-21(10-9-20(3)4)16-11-25(23,24)12-17(16)22/h5-8,16-17,22H,9-13H2,1-4H3. The molecule has 1 saturated heterocycles. The van der Waals surface area contributed by atoms with E-state index in [1.807, 2.05) is 38.4 Å². The summed E-state index contributed by atoms with van der Waals surface area (Å²) in [5.41, 5.74) is 0.949. The largest absolute Gasteiger partial charge is 0.390 e. The lowest BCUT2D eigenvalue weighted by molar-refractivity contribution is 0.0659. The molecule has 0 aliphatic carbocycles. The molecule has 142 valence electrons. The van der Waals surface area contributed by atoms with Gasteiger partial charge in [-0.1, -0.05) is 37.6 Å². The zero-order valence-electron chi connectivity index (χ0n) is 15.4. The van der Waals surface area contributed by atoms with E-state index in [4.69, 9.17) is 11.6 Å². The van der Waals surface area contributed by atoms with Crippen LogP contribution in [0.3, 0.4) is 0 Å². The molecule has 1 aromatic carbocycles. The van der Waals surface area contributed by atoms with Crippen LogP contribution in [0.5, 0.6) is 0 Å². The number of aliphatic hydroxyl groups excluding tert-OH is 1. The number of likely N-dealkylation sites (N-methyl/N-ethyl adjacent to an activating group) is 1. The molecule has 1 heterocycles. The molecular weight excluding hydrogens is 360 g/mol. The van der Waals surface area contributed by atoms with Crippen LogP contribution in [0.4, 0.5) is 0 Å². The van der Waals surface area contributed by atoms with E-state index in [0.717, 1.165) is 12.1 Å². The summed E-state index contributed by atoms with van der Waals surface area (Å²) in [6, 6.07) is 7.41. The molecule has 0 saturated carbocycles. The molecule has 0 spiro atoms. The molecule has 5 nitrogen and oxygen atoms in total. The average molecular weight is 389 g/mol. The third-order valence-corrected chi connectivity index (χ3v) is 6.77. The molecule has 0 aromatic heterocycles. The highest BCUT2D eigenvalue weighted by molar-refractivity contribution is 7.91. The van der Waals surface area contributed by atoms with Gasteiger partial charge in [-0.25, -0.2) is 8.42 Å². The predicted molar refractivity (Wildman–Crippen MR) is 103 cm³/mol. The summed E-state index contributed by atoms with van der Waals surface area (Å²) in [5, 5.41) is 11.0. The topological polar surface area (TPSA) is 60.9 Å². The molecule has 1 fully saturated rings. The Labute approximate surface area is 156 Å². The lowest BCUT2D eigenvalue weighted by atomic mass is 9.83. The minimum absolute atomic E-state index is 0.0261. The number of rotatable bonds is 7. The third kappa shape index (κ3) is 5.66. The summed E-state index contributed by atoms with van der Waals surface area (Å²) in [6.07, 6.45) is -0.826. The smallest absolute Gasteiger partial charge is 0.154 e. The molecule has 7 heteroatoms. The quantitative estimate of drug-likeness (QED) is 0.769. The van der Waals surface area contributed by atoms with Gasteiger partial charge in [0.2, 0.25) is 0 Å². The molecule has 2 atom stereocenters. The molecular formula is C18H29ClN2O3S. The van der Waals surface area contributed by atoms with Crippen molar-refractivity contribution >= 4 is 21.4 Å². The Bertz CT molecular complexity index is 674. The minimum atomic E-state index is -3.18. The minimum Gasteiger partial charge on any atom is -0.390 e. The van der Waals surface area contributed by atoms with Crippen LogP contribution in [0.2, 0.25) is 5.02 Å². The van der Waals surface area contributed by atoms with Gasteiger partial charge in [0.05, 0.1) is 23.7 Å². The van der Waals surface area contributed by atoms with Crippen molar-refractivity contribution in [2.24, 2.45) is 0 Å². The molecule has 25 heavy (non-hydrogen) atoms. The van der Waals surface area contributed by atoms with Crippen LogP contribution in [0.25, 0.3) is 0 Å². The maximum atomic E-state index is 12.0. The van der Waals surface area contributed by atoms with Gasteiger partial charge in [-0.15, -0.1) is 0 Å². The molecule has 0 bridgehead atoms. The fourth-order valence-corrected chi connectivity index (χ4v) is 5.31. The Hall–Kier alpha value is -0.660. The van der Waals surface area contributed by atoms with E-state index >= 15 is 0 Å². The number of sulfone groups is 1. The van der Waals surface area contributed by atoms with Crippen molar-refractivity contribution in [3.8, 4) is 0 Å².